The number of rotatable bonds is 4. The van der Waals surface area contributed by atoms with Crippen LogP contribution in [0.25, 0.3) is 0 Å². The molecule has 0 heterocycles. The minimum absolute atomic E-state index is 0.0958. The van der Waals surface area contributed by atoms with Gasteiger partial charge in [0.1, 0.15) is 0 Å². The van der Waals surface area contributed by atoms with Crippen molar-refractivity contribution in [3.05, 3.63) is 29.3 Å². The van der Waals surface area contributed by atoms with Crippen molar-refractivity contribution in [3.63, 3.8) is 0 Å². The Kier molecular flexibility index (Phi) is 3.52. The molecule has 2 N–H and O–H groups in total. The minimum atomic E-state index is -4.34. The van der Waals surface area contributed by atoms with Gasteiger partial charge in [-0.2, -0.15) is 13.2 Å². The van der Waals surface area contributed by atoms with Crippen molar-refractivity contribution in [2.75, 3.05) is 18.5 Å². The molecule has 0 amide bonds. The van der Waals surface area contributed by atoms with Crippen molar-refractivity contribution in [3.8, 4) is 0 Å². The summed E-state index contributed by atoms with van der Waals surface area (Å²) in [5, 5.41) is 0. The van der Waals surface area contributed by atoms with Crippen LogP contribution in [-0.4, -0.2) is 13.6 Å². The highest BCUT2D eigenvalue weighted by molar-refractivity contribution is 5.51. The van der Waals surface area contributed by atoms with Crippen LogP contribution >= 0.6 is 0 Å². The van der Waals surface area contributed by atoms with Crippen LogP contribution in [0.4, 0.5) is 18.9 Å². The second kappa shape index (κ2) is 4.80. The third-order valence-electron chi connectivity index (χ3n) is 3.29. The maximum absolute atomic E-state index is 12.9. The Bertz CT molecular complexity index is 425. The zero-order valence-electron chi connectivity index (χ0n) is 10.3. The SMILES string of the molecule is CN(CC1CC1)c1ccc(CN)c(C(F)(F)F)c1. The molecular formula is C13H17F3N2. The number of hydrogen-bond donors (Lipinski definition) is 1. The molecule has 0 radical (unpaired) electrons. The highest BCUT2D eigenvalue weighted by Crippen LogP contribution is 2.36. The fourth-order valence-electron chi connectivity index (χ4n) is 2.04. The molecule has 0 aromatic heterocycles. The van der Waals surface area contributed by atoms with Gasteiger partial charge in [0.05, 0.1) is 5.56 Å². The van der Waals surface area contributed by atoms with Gasteiger partial charge in [-0.25, -0.2) is 0 Å². The lowest BCUT2D eigenvalue weighted by Crippen LogP contribution is -2.21. The molecule has 18 heavy (non-hydrogen) atoms. The van der Waals surface area contributed by atoms with Crippen LogP contribution in [0.1, 0.15) is 24.0 Å². The van der Waals surface area contributed by atoms with E-state index < -0.39 is 11.7 Å². The van der Waals surface area contributed by atoms with Gasteiger partial charge in [0.15, 0.2) is 0 Å². The average Bonchev–Trinajstić information content (AvgIpc) is 3.11. The summed E-state index contributed by atoms with van der Waals surface area (Å²) in [6.45, 7) is 0.723. The first-order chi connectivity index (χ1) is 8.41. The average molecular weight is 258 g/mol. The molecule has 0 bridgehead atoms. The number of halogens is 3. The van der Waals surface area contributed by atoms with Crippen LogP contribution in [0, 0.1) is 5.92 Å². The summed E-state index contributed by atoms with van der Waals surface area (Å²) in [4.78, 5) is 1.88. The molecule has 1 aromatic rings. The molecule has 100 valence electrons. The molecule has 1 saturated carbocycles. The van der Waals surface area contributed by atoms with E-state index in [0.29, 0.717) is 11.6 Å². The normalized spacial score (nSPS) is 15.8. The Morgan fingerprint density at radius 2 is 2.00 bits per heavy atom. The van der Waals surface area contributed by atoms with Crippen molar-refractivity contribution in [1.82, 2.24) is 0 Å². The van der Waals surface area contributed by atoms with Crippen molar-refractivity contribution in [1.29, 1.82) is 0 Å². The first kappa shape index (κ1) is 13.2. The standard InChI is InChI=1S/C13H17F3N2/c1-18(8-9-2-3-9)11-5-4-10(7-17)12(6-11)13(14,15)16/h4-6,9H,2-3,7-8,17H2,1H3. The van der Waals surface area contributed by atoms with Gasteiger partial charge in [-0.15, -0.1) is 0 Å². The molecule has 0 saturated heterocycles. The van der Waals surface area contributed by atoms with Crippen LogP contribution < -0.4 is 10.6 Å². The van der Waals surface area contributed by atoms with E-state index in [9.17, 15) is 13.2 Å². The molecule has 2 rings (SSSR count). The number of nitrogens with zero attached hydrogens (tertiary/aromatic N) is 1. The van der Waals surface area contributed by atoms with E-state index >= 15 is 0 Å². The fourth-order valence-corrected chi connectivity index (χ4v) is 2.04. The molecule has 0 unspecified atom stereocenters. The predicted octanol–water partition coefficient (Wildman–Crippen LogP) is 3.01. The number of alkyl halides is 3. The van der Waals surface area contributed by atoms with Gasteiger partial charge >= 0.3 is 6.18 Å². The highest BCUT2D eigenvalue weighted by Gasteiger charge is 2.33. The lowest BCUT2D eigenvalue weighted by Gasteiger charge is -2.21. The van der Waals surface area contributed by atoms with E-state index in [2.05, 4.69) is 0 Å². The van der Waals surface area contributed by atoms with Crippen LogP contribution in [0.5, 0.6) is 0 Å². The zero-order valence-corrected chi connectivity index (χ0v) is 10.3. The van der Waals surface area contributed by atoms with E-state index in [4.69, 9.17) is 5.73 Å². The van der Waals surface area contributed by atoms with Gasteiger partial charge < -0.3 is 10.6 Å². The topological polar surface area (TPSA) is 29.3 Å². The fraction of sp³-hybridized carbons (Fsp3) is 0.538. The van der Waals surface area contributed by atoms with Crippen molar-refractivity contribution in [2.45, 2.75) is 25.6 Å². The quantitative estimate of drug-likeness (QED) is 0.899. The lowest BCUT2D eigenvalue weighted by molar-refractivity contribution is -0.138. The Morgan fingerprint density at radius 1 is 1.33 bits per heavy atom. The summed E-state index contributed by atoms with van der Waals surface area (Å²) in [6.07, 6.45) is -1.99. The second-order valence-corrected chi connectivity index (χ2v) is 4.87. The van der Waals surface area contributed by atoms with E-state index in [1.807, 2.05) is 11.9 Å². The molecule has 5 heteroatoms. The Balaban J connectivity index is 2.26. The first-order valence-corrected chi connectivity index (χ1v) is 6.03. The van der Waals surface area contributed by atoms with Crippen LogP contribution in [-0.2, 0) is 12.7 Å². The summed E-state index contributed by atoms with van der Waals surface area (Å²) >= 11 is 0. The molecule has 0 spiro atoms. The lowest BCUT2D eigenvalue weighted by atomic mass is 10.1. The molecule has 1 aromatic carbocycles. The first-order valence-electron chi connectivity index (χ1n) is 6.03. The van der Waals surface area contributed by atoms with Crippen molar-refractivity contribution in [2.24, 2.45) is 11.7 Å². The number of nitrogens with two attached hydrogens (primary N) is 1. The summed E-state index contributed by atoms with van der Waals surface area (Å²) in [5.41, 5.74) is 5.48. The number of anilines is 1. The van der Waals surface area contributed by atoms with E-state index in [0.717, 1.165) is 6.54 Å². The van der Waals surface area contributed by atoms with E-state index in [-0.39, 0.29) is 12.1 Å². The van der Waals surface area contributed by atoms with Gasteiger partial charge in [-0.3, -0.25) is 0 Å². The molecule has 0 atom stereocenters. The molecule has 1 aliphatic carbocycles. The van der Waals surface area contributed by atoms with Crippen LogP contribution in [0.15, 0.2) is 18.2 Å². The van der Waals surface area contributed by atoms with Gasteiger partial charge in [-0.05, 0) is 36.5 Å². The maximum Gasteiger partial charge on any atom is 0.416 e. The maximum atomic E-state index is 12.9. The van der Waals surface area contributed by atoms with Gasteiger partial charge in [-0.1, -0.05) is 6.07 Å². The largest absolute Gasteiger partial charge is 0.416 e. The Morgan fingerprint density at radius 3 is 2.50 bits per heavy atom. The molecule has 0 aliphatic heterocycles. The molecular weight excluding hydrogens is 241 g/mol. The van der Waals surface area contributed by atoms with E-state index in [1.54, 1.807) is 6.07 Å². The smallest absolute Gasteiger partial charge is 0.374 e. The third-order valence-corrected chi connectivity index (χ3v) is 3.29. The van der Waals surface area contributed by atoms with Crippen molar-refractivity contribution >= 4 is 5.69 Å². The van der Waals surface area contributed by atoms with Crippen LogP contribution in [0.2, 0.25) is 0 Å². The number of hydrogen-bond acceptors (Lipinski definition) is 2. The summed E-state index contributed by atoms with van der Waals surface area (Å²) < 4.78 is 38.6. The summed E-state index contributed by atoms with van der Waals surface area (Å²) in [7, 11) is 1.83. The monoisotopic (exact) mass is 258 g/mol. The third kappa shape index (κ3) is 2.96. The summed E-state index contributed by atoms with van der Waals surface area (Å²) in [6, 6.07) is 4.38. The second-order valence-electron chi connectivity index (χ2n) is 4.87. The minimum Gasteiger partial charge on any atom is -0.374 e. The van der Waals surface area contributed by atoms with Crippen LogP contribution in [0.3, 0.4) is 0 Å². The predicted molar refractivity (Wildman–Crippen MR) is 65.3 cm³/mol. The Labute approximate surface area is 105 Å². The van der Waals surface area contributed by atoms with Gasteiger partial charge in [0.2, 0.25) is 0 Å². The number of benzene rings is 1. The summed E-state index contributed by atoms with van der Waals surface area (Å²) in [5.74, 6) is 0.638. The molecule has 1 fully saturated rings. The van der Waals surface area contributed by atoms with Gasteiger partial charge in [0, 0.05) is 25.8 Å². The van der Waals surface area contributed by atoms with Gasteiger partial charge in [0.25, 0.3) is 0 Å². The van der Waals surface area contributed by atoms with E-state index in [1.165, 1.54) is 25.0 Å². The molecule has 1 aliphatic rings. The molecule has 2 nitrogen and oxygen atoms in total. The Hall–Kier alpha value is -1.23. The van der Waals surface area contributed by atoms with Crippen molar-refractivity contribution < 1.29 is 13.2 Å². The zero-order chi connectivity index (χ0) is 13.3. The highest BCUT2D eigenvalue weighted by atomic mass is 19.4.